The molecule has 8 heteroatoms. The second kappa shape index (κ2) is 6.86. The zero-order valence-corrected chi connectivity index (χ0v) is 12.8. The van der Waals surface area contributed by atoms with Crippen molar-refractivity contribution in [3.05, 3.63) is 57.5 Å². The lowest BCUT2D eigenvalue weighted by Crippen LogP contribution is -2.23. The van der Waals surface area contributed by atoms with E-state index < -0.39 is 29.1 Å². The smallest absolute Gasteiger partial charge is 0.343 e. The molecule has 0 spiro atoms. The molecule has 8 nitrogen and oxygen atoms in total. The third-order valence-electron chi connectivity index (χ3n) is 3.56. The summed E-state index contributed by atoms with van der Waals surface area (Å²) < 4.78 is 4.55. The molecule has 0 aliphatic rings. The first-order valence-corrected chi connectivity index (χ1v) is 6.95. The normalized spacial score (nSPS) is 11.7. The fourth-order valence-corrected chi connectivity index (χ4v) is 2.42. The average molecular weight is 332 g/mol. The molecule has 0 unspecified atom stereocenters. The Bertz CT molecular complexity index is 825. The van der Waals surface area contributed by atoms with Gasteiger partial charge in [-0.15, -0.1) is 0 Å². The Morgan fingerprint density at radius 1 is 1.25 bits per heavy atom. The van der Waals surface area contributed by atoms with Gasteiger partial charge in [0.2, 0.25) is 5.91 Å². The molecule has 0 aliphatic carbocycles. The summed E-state index contributed by atoms with van der Waals surface area (Å²) in [6, 6.07) is 5.73. The Morgan fingerprint density at radius 3 is 2.42 bits per heavy atom. The van der Waals surface area contributed by atoms with E-state index in [1.54, 1.807) is 0 Å². The molecule has 0 aliphatic heterocycles. The number of phenolic OH excluding ortho intramolecular Hbond substituents is 1. The quantitative estimate of drug-likeness (QED) is 0.590. The molecule has 0 saturated carbocycles. The highest BCUT2D eigenvalue weighted by atomic mass is 16.5. The van der Waals surface area contributed by atoms with E-state index in [1.807, 2.05) is 0 Å². The number of pyridine rings is 1. The van der Waals surface area contributed by atoms with E-state index in [1.165, 1.54) is 24.3 Å². The third kappa shape index (κ3) is 3.37. The van der Waals surface area contributed by atoms with Crippen molar-refractivity contribution < 1.29 is 24.5 Å². The first kappa shape index (κ1) is 17.1. The minimum absolute atomic E-state index is 0.00184. The van der Waals surface area contributed by atoms with Crippen LogP contribution in [-0.4, -0.2) is 34.2 Å². The molecule has 0 saturated heterocycles. The van der Waals surface area contributed by atoms with E-state index in [0.29, 0.717) is 5.56 Å². The van der Waals surface area contributed by atoms with Gasteiger partial charge in [0.05, 0.1) is 12.7 Å². The molecule has 1 aromatic heterocycles. The number of primary amides is 1. The Hall–Kier alpha value is -3.29. The number of nitrogens with two attached hydrogens (primary N) is 1. The molecule has 1 aromatic carbocycles. The van der Waals surface area contributed by atoms with Gasteiger partial charge in [0.15, 0.2) is 0 Å². The minimum atomic E-state index is -0.892. The van der Waals surface area contributed by atoms with E-state index in [0.717, 1.165) is 13.3 Å². The van der Waals surface area contributed by atoms with Crippen LogP contribution in [0.1, 0.15) is 33.8 Å². The van der Waals surface area contributed by atoms with E-state index in [2.05, 4.69) is 9.72 Å². The number of methoxy groups -OCH3 is 1. The van der Waals surface area contributed by atoms with Crippen molar-refractivity contribution in [1.82, 2.24) is 4.98 Å². The highest BCUT2D eigenvalue weighted by Gasteiger charge is 2.27. The van der Waals surface area contributed by atoms with Gasteiger partial charge in [0.1, 0.15) is 17.1 Å². The van der Waals surface area contributed by atoms with Gasteiger partial charge in [-0.05, 0) is 17.7 Å². The number of aromatic amines is 1. The molecule has 126 valence electrons. The molecule has 0 radical (unpaired) electrons. The molecule has 24 heavy (non-hydrogen) atoms. The molecule has 2 rings (SSSR count). The van der Waals surface area contributed by atoms with E-state index in [9.17, 15) is 24.6 Å². The molecular weight excluding hydrogens is 316 g/mol. The molecule has 0 fully saturated rings. The maximum Gasteiger partial charge on any atom is 0.343 e. The van der Waals surface area contributed by atoms with Gasteiger partial charge in [-0.25, -0.2) is 4.79 Å². The maximum atomic E-state index is 12.2. The minimum Gasteiger partial charge on any atom is -0.508 e. The summed E-state index contributed by atoms with van der Waals surface area (Å²) in [6.07, 6.45) is 0.761. The number of hydrogen-bond acceptors (Lipinski definition) is 6. The van der Waals surface area contributed by atoms with Crippen LogP contribution in [0.15, 0.2) is 35.3 Å². The number of ether oxygens (including phenoxy) is 1. The number of rotatable bonds is 5. The summed E-state index contributed by atoms with van der Waals surface area (Å²) in [5.74, 6) is -3.01. The first-order valence-electron chi connectivity index (χ1n) is 6.95. The Morgan fingerprint density at radius 2 is 1.88 bits per heavy atom. The molecule has 5 N–H and O–H groups in total. The number of carbonyl (C=O) groups is 2. The summed E-state index contributed by atoms with van der Waals surface area (Å²) in [7, 11) is 1.13. The van der Waals surface area contributed by atoms with Crippen molar-refractivity contribution in [3.8, 4) is 11.5 Å². The van der Waals surface area contributed by atoms with Gasteiger partial charge in [0, 0.05) is 18.5 Å². The lowest BCUT2D eigenvalue weighted by Gasteiger charge is -2.18. The number of esters is 1. The topological polar surface area (TPSA) is 143 Å². The Kier molecular flexibility index (Phi) is 4.88. The molecule has 1 atom stereocenters. The molecule has 0 bridgehead atoms. The van der Waals surface area contributed by atoms with Crippen LogP contribution in [-0.2, 0) is 9.53 Å². The number of hydrogen-bond donors (Lipinski definition) is 4. The summed E-state index contributed by atoms with van der Waals surface area (Å²) in [5, 5.41) is 19.7. The third-order valence-corrected chi connectivity index (χ3v) is 3.56. The lowest BCUT2D eigenvalue weighted by molar-refractivity contribution is -0.118. The van der Waals surface area contributed by atoms with Crippen molar-refractivity contribution in [1.29, 1.82) is 0 Å². The zero-order chi connectivity index (χ0) is 17.9. The van der Waals surface area contributed by atoms with Crippen molar-refractivity contribution in [2.24, 2.45) is 5.73 Å². The SMILES string of the molecule is COC(=O)c1c[nH]c(=O)c([C@H](CC(N)=O)c2ccc(O)cc2)c1O. The van der Waals surface area contributed by atoms with Crippen LogP contribution in [0.4, 0.5) is 0 Å². The molecule has 1 amide bonds. The van der Waals surface area contributed by atoms with Crippen LogP contribution in [0.3, 0.4) is 0 Å². The van der Waals surface area contributed by atoms with Crippen LogP contribution in [0, 0.1) is 0 Å². The Labute approximate surface area is 136 Å². The van der Waals surface area contributed by atoms with E-state index in [4.69, 9.17) is 5.73 Å². The highest BCUT2D eigenvalue weighted by Crippen LogP contribution is 2.33. The number of H-pyrrole nitrogens is 1. The number of nitrogens with one attached hydrogen (secondary N) is 1. The number of benzene rings is 1. The van der Waals surface area contributed by atoms with Crippen molar-refractivity contribution in [2.45, 2.75) is 12.3 Å². The average Bonchev–Trinajstić information content (AvgIpc) is 2.54. The van der Waals surface area contributed by atoms with Crippen LogP contribution < -0.4 is 11.3 Å². The van der Waals surface area contributed by atoms with Crippen molar-refractivity contribution in [3.63, 3.8) is 0 Å². The highest BCUT2D eigenvalue weighted by molar-refractivity contribution is 5.92. The number of aromatic nitrogens is 1. The summed E-state index contributed by atoms with van der Waals surface area (Å²) in [6.45, 7) is 0. The van der Waals surface area contributed by atoms with Gasteiger partial charge < -0.3 is 25.7 Å². The van der Waals surface area contributed by atoms with Gasteiger partial charge in [-0.1, -0.05) is 12.1 Å². The maximum absolute atomic E-state index is 12.2. The van der Waals surface area contributed by atoms with Crippen LogP contribution in [0.25, 0.3) is 0 Å². The predicted molar refractivity (Wildman–Crippen MR) is 83.8 cm³/mol. The van der Waals surface area contributed by atoms with E-state index in [-0.39, 0.29) is 23.3 Å². The number of phenols is 1. The van der Waals surface area contributed by atoms with Crippen LogP contribution in [0.5, 0.6) is 11.5 Å². The number of carbonyl (C=O) groups excluding carboxylic acids is 2. The fraction of sp³-hybridized carbons (Fsp3) is 0.188. The van der Waals surface area contributed by atoms with Gasteiger partial charge in [-0.2, -0.15) is 0 Å². The van der Waals surface area contributed by atoms with Crippen molar-refractivity contribution in [2.75, 3.05) is 7.11 Å². The molecule has 1 heterocycles. The standard InChI is InChI=1S/C16H16N2O6/c1-24-16(23)11-7-18-15(22)13(14(11)21)10(6-12(17)20)8-2-4-9(19)5-3-8/h2-5,7,10,19H,6H2,1H3,(H2,17,20)(H2,18,21,22)/t10-/m1/s1. The lowest BCUT2D eigenvalue weighted by atomic mass is 9.87. The largest absolute Gasteiger partial charge is 0.508 e. The zero-order valence-electron chi connectivity index (χ0n) is 12.8. The molecular formula is C16H16N2O6. The fourth-order valence-electron chi connectivity index (χ4n) is 2.42. The van der Waals surface area contributed by atoms with Gasteiger partial charge >= 0.3 is 5.97 Å². The summed E-state index contributed by atoms with van der Waals surface area (Å²) in [4.78, 5) is 37.6. The van der Waals surface area contributed by atoms with E-state index >= 15 is 0 Å². The van der Waals surface area contributed by atoms with Crippen LogP contribution in [0.2, 0.25) is 0 Å². The van der Waals surface area contributed by atoms with Crippen molar-refractivity contribution >= 4 is 11.9 Å². The second-order valence-corrected chi connectivity index (χ2v) is 5.10. The van der Waals surface area contributed by atoms with Gasteiger partial charge in [-0.3, -0.25) is 9.59 Å². The summed E-state index contributed by atoms with van der Waals surface area (Å²) >= 11 is 0. The number of amides is 1. The first-order chi connectivity index (χ1) is 11.3. The molecule has 2 aromatic rings. The van der Waals surface area contributed by atoms with Crippen LogP contribution >= 0.6 is 0 Å². The predicted octanol–water partition coefficient (Wildman–Crippen LogP) is 0.580. The Balaban J connectivity index is 2.66. The van der Waals surface area contributed by atoms with Gasteiger partial charge in [0.25, 0.3) is 5.56 Å². The number of aromatic hydroxyl groups is 2. The monoisotopic (exact) mass is 332 g/mol. The summed E-state index contributed by atoms with van der Waals surface area (Å²) in [5.41, 5.74) is 4.63. The second-order valence-electron chi connectivity index (χ2n) is 5.10.